The van der Waals surface area contributed by atoms with E-state index in [4.69, 9.17) is 25.1 Å². The summed E-state index contributed by atoms with van der Waals surface area (Å²) in [7, 11) is -0.360. The second-order valence-electron chi connectivity index (χ2n) is 16.4. The molecule has 8 rings (SSSR count). The average molecular weight is 916 g/mol. The van der Waals surface area contributed by atoms with Gasteiger partial charge in [0.1, 0.15) is 0 Å². The van der Waals surface area contributed by atoms with Crippen molar-refractivity contribution < 1.29 is 24.0 Å². The van der Waals surface area contributed by atoms with Crippen molar-refractivity contribution >= 4 is 41.1 Å². The van der Waals surface area contributed by atoms with Crippen molar-refractivity contribution in [2.45, 2.75) is 78.6 Å². The number of aldehydes is 2. The summed E-state index contributed by atoms with van der Waals surface area (Å²) in [4.78, 5) is 33.1. The number of carbonyl (C=O) groups excluding carboxylic acids is 2. The number of hydrogen-bond donors (Lipinski definition) is 1. The topological polar surface area (TPSA) is 183 Å². The standard InChI is InChI=1S/C17H16N2O.C14H18BNO2.C14H10N2O.C6H4BrNO/c1-11-8-13(4-5-14(11)9-18)16-10-19-7-6-15(16)17(20)12-2-3-12;1-10-8-12(7-6-11(10)9-16)15-17-13(2,3)14(4,5)18-15;1-10-6-11(2-3-12(10)7-15)14-8-16-5-4-13(14)9-17;7-6-3-8-2-1-5(6)4-9/h4-8,10,12,17,20H,2-3H2,1H3;6-8H,1-5H3;2-6,8-9H,1H3;1-4H. The van der Waals surface area contributed by atoms with Gasteiger partial charge < -0.3 is 14.4 Å². The molecule has 13 heteroatoms. The molecule has 2 fully saturated rings. The van der Waals surface area contributed by atoms with E-state index in [0.29, 0.717) is 33.7 Å². The predicted octanol–water partition coefficient (Wildman–Crippen LogP) is 9.94. The summed E-state index contributed by atoms with van der Waals surface area (Å²) < 4.78 is 12.7. The number of benzene rings is 3. The number of rotatable bonds is 7. The molecule has 0 amide bonds. The van der Waals surface area contributed by atoms with Gasteiger partial charge >= 0.3 is 7.12 Å². The highest BCUT2D eigenvalue weighted by molar-refractivity contribution is 9.10. The van der Waals surface area contributed by atoms with E-state index in [1.165, 1.54) is 0 Å². The lowest BCUT2D eigenvalue weighted by molar-refractivity contribution is 0.00578. The van der Waals surface area contributed by atoms with Gasteiger partial charge in [0.2, 0.25) is 0 Å². The Morgan fingerprint density at radius 3 is 1.58 bits per heavy atom. The Hall–Kier alpha value is -6.66. The van der Waals surface area contributed by atoms with Crippen LogP contribution in [-0.2, 0) is 9.31 Å². The molecule has 11 nitrogen and oxygen atoms in total. The predicted molar refractivity (Wildman–Crippen MR) is 250 cm³/mol. The fourth-order valence-electron chi connectivity index (χ4n) is 6.65. The highest BCUT2D eigenvalue weighted by Gasteiger charge is 2.51. The summed E-state index contributed by atoms with van der Waals surface area (Å²) in [6.07, 6.45) is 13.3. The van der Waals surface area contributed by atoms with E-state index in [2.05, 4.69) is 49.1 Å². The van der Waals surface area contributed by atoms with Crippen molar-refractivity contribution in [3.8, 4) is 40.5 Å². The summed E-state index contributed by atoms with van der Waals surface area (Å²) in [6.45, 7) is 13.8. The Bertz CT molecular complexity index is 2750. The third kappa shape index (κ3) is 11.9. The second kappa shape index (κ2) is 21.6. The first kappa shape index (κ1) is 48.4. The molecule has 1 N–H and O–H groups in total. The molecule has 1 atom stereocenters. The van der Waals surface area contributed by atoms with E-state index in [9.17, 15) is 14.7 Å². The van der Waals surface area contributed by atoms with Crippen LogP contribution in [0.25, 0.3) is 22.3 Å². The van der Waals surface area contributed by atoms with Crippen LogP contribution in [0.2, 0.25) is 0 Å². The molecule has 1 aliphatic carbocycles. The zero-order valence-electron chi connectivity index (χ0n) is 36.8. The molecule has 3 aromatic carbocycles. The average Bonchev–Trinajstić information content (AvgIpc) is 4.12. The minimum Gasteiger partial charge on any atom is -0.399 e. The largest absolute Gasteiger partial charge is 0.494 e. The van der Waals surface area contributed by atoms with Crippen molar-refractivity contribution in [1.29, 1.82) is 15.8 Å². The highest BCUT2D eigenvalue weighted by atomic mass is 79.9. The Balaban J connectivity index is 0.000000165. The molecule has 64 heavy (non-hydrogen) atoms. The molecule has 0 bridgehead atoms. The quantitative estimate of drug-likeness (QED) is 0.119. The monoisotopic (exact) mass is 914 g/mol. The van der Waals surface area contributed by atoms with Crippen molar-refractivity contribution in [3.05, 3.63) is 165 Å². The van der Waals surface area contributed by atoms with Gasteiger partial charge in [0.25, 0.3) is 0 Å². The summed E-state index contributed by atoms with van der Waals surface area (Å²) in [5.41, 5.74) is 10.9. The van der Waals surface area contributed by atoms with Gasteiger partial charge in [-0.1, -0.05) is 36.4 Å². The SMILES string of the molecule is Cc1cc(-c2cnccc2C(O)C2CC2)ccc1C#N.Cc1cc(-c2cnccc2C=O)ccc1C#N.Cc1cc(B2OC(C)(C)C(C)(C)O2)ccc1C#N.O=Cc1ccncc1Br. The molecule has 1 saturated heterocycles. The molecule has 6 aromatic rings. The van der Waals surface area contributed by atoms with Crippen LogP contribution in [0.5, 0.6) is 0 Å². The summed E-state index contributed by atoms with van der Waals surface area (Å²) in [5.74, 6) is 0.385. The molecule has 1 unspecified atom stereocenters. The van der Waals surface area contributed by atoms with E-state index < -0.39 is 6.10 Å². The number of nitriles is 3. The number of aromatic nitrogens is 3. The molecule has 3 aromatic heterocycles. The van der Waals surface area contributed by atoms with E-state index in [1.54, 1.807) is 55.4 Å². The molecule has 2 aliphatic rings. The maximum Gasteiger partial charge on any atom is 0.494 e. The van der Waals surface area contributed by atoms with Crippen molar-refractivity contribution in [3.63, 3.8) is 0 Å². The Kier molecular flexibility index (Phi) is 16.3. The maximum absolute atomic E-state index is 10.9. The molecule has 1 aliphatic heterocycles. The first-order valence-corrected chi connectivity index (χ1v) is 21.3. The van der Waals surface area contributed by atoms with Crippen molar-refractivity contribution in [2.24, 2.45) is 5.92 Å². The first-order valence-electron chi connectivity index (χ1n) is 20.5. The molecule has 4 heterocycles. The highest BCUT2D eigenvalue weighted by Crippen LogP contribution is 2.43. The second-order valence-corrected chi connectivity index (χ2v) is 17.3. The van der Waals surface area contributed by atoms with Crippen LogP contribution >= 0.6 is 15.9 Å². The van der Waals surface area contributed by atoms with Crippen LogP contribution in [-0.4, -0.2) is 51.0 Å². The Labute approximate surface area is 383 Å². The van der Waals surface area contributed by atoms with Gasteiger partial charge in [-0.05, 0) is 158 Å². The number of hydrogen-bond acceptors (Lipinski definition) is 11. The van der Waals surface area contributed by atoms with Gasteiger partial charge in [-0.2, -0.15) is 15.8 Å². The lowest BCUT2D eigenvalue weighted by Crippen LogP contribution is -2.41. The summed E-state index contributed by atoms with van der Waals surface area (Å²) in [6, 6.07) is 28.6. The molecule has 322 valence electrons. The van der Waals surface area contributed by atoms with Crippen LogP contribution in [0.3, 0.4) is 0 Å². The van der Waals surface area contributed by atoms with Crippen molar-refractivity contribution in [2.75, 3.05) is 0 Å². The number of pyridine rings is 3. The van der Waals surface area contributed by atoms with Gasteiger partial charge in [-0.25, -0.2) is 0 Å². The molecular formula is C51H48BBrN6O5. The number of carbonyl (C=O) groups is 2. The minimum absolute atomic E-state index is 0.334. The van der Waals surface area contributed by atoms with Crippen LogP contribution in [0, 0.1) is 60.7 Å². The number of nitrogens with zero attached hydrogens (tertiary/aromatic N) is 6. The van der Waals surface area contributed by atoms with E-state index in [0.717, 1.165) is 79.9 Å². The Morgan fingerprint density at radius 1 is 0.672 bits per heavy atom. The van der Waals surface area contributed by atoms with Gasteiger partial charge in [0.05, 0.1) is 52.2 Å². The van der Waals surface area contributed by atoms with E-state index in [-0.39, 0.29) is 18.3 Å². The molecule has 0 spiro atoms. The van der Waals surface area contributed by atoms with Crippen LogP contribution in [0.4, 0.5) is 0 Å². The van der Waals surface area contributed by atoms with Gasteiger partial charge in [-0.3, -0.25) is 24.5 Å². The van der Waals surface area contributed by atoms with Gasteiger partial charge in [-0.15, -0.1) is 0 Å². The summed E-state index contributed by atoms with van der Waals surface area (Å²) in [5, 5.41) is 37.2. The summed E-state index contributed by atoms with van der Waals surface area (Å²) >= 11 is 3.16. The fourth-order valence-corrected chi connectivity index (χ4v) is 7.00. The number of aliphatic hydroxyl groups excluding tert-OH is 1. The third-order valence-corrected chi connectivity index (χ3v) is 12.0. The van der Waals surface area contributed by atoms with Gasteiger partial charge in [0.15, 0.2) is 12.6 Å². The van der Waals surface area contributed by atoms with Crippen LogP contribution in [0.15, 0.2) is 114 Å². The molecular weight excluding hydrogens is 867 g/mol. The lowest BCUT2D eigenvalue weighted by atomic mass is 9.78. The normalized spacial score (nSPS) is 14.6. The first-order chi connectivity index (χ1) is 30.6. The van der Waals surface area contributed by atoms with E-state index in [1.807, 2.05) is 103 Å². The zero-order valence-corrected chi connectivity index (χ0v) is 38.4. The Morgan fingerprint density at radius 2 is 1.12 bits per heavy atom. The van der Waals surface area contributed by atoms with Crippen LogP contribution < -0.4 is 5.46 Å². The molecule has 1 saturated carbocycles. The smallest absolute Gasteiger partial charge is 0.399 e. The molecule has 0 radical (unpaired) electrons. The van der Waals surface area contributed by atoms with Crippen LogP contribution in [0.1, 0.15) is 106 Å². The zero-order chi connectivity index (χ0) is 46.6. The number of aliphatic hydroxyl groups is 1. The fraction of sp³-hybridized carbons (Fsp3) is 0.255. The van der Waals surface area contributed by atoms with Crippen molar-refractivity contribution in [1.82, 2.24) is 15.0 Å². The van der Waals surface area contributed by atoms with Gasteiger partial charge in [0, 0.05) is 63.9 Å². The maximum atomic E-state index is 10.9. The lowest BCUT2D eigenvalue weighted by Gasteiger charge is -2.32. The minimum atomic E-state index is -0.413. The number of aryl methyl sites for hydroxylation is 3. The number of halogens is 1. The van der Waals surface area contributed by atoms with E-state index >= 15 is 0 Å². The third-order valence-electron chi connectivity index (χ3n) is 11.4.